The van der Waals surface area contributed by atoms with Gasteiger partial charge in [-0.05, 0) is 37.8 Å². The van der Waals surface area contributed by atoms with Crippen LogP contribution in [-0.4, -0.2) is 39.7 Å². The average Bonchev–Trinajstić information content (AvgIpc) is 3.08. The van der Waals surface area contributed by atoms with E-state index in [2.05, 4.69) is 4.57 Å². The predicted octanol–water partition coefficient (Wildman–Crippen LogP) is 3.26. The number of nitrogens with zero attached hydrogens (tertiary/aromatic N) is 2. The van der Waals surface area contributed by atoms with Gasteiger partial charge in [0.05, 0.1) is 11.5 Å². The number of amides is 2. The lowest BCUT2D eigenvalue weighted by molar-refractivity contribution is -0.145. The first kappa shape index (κ1) is 17.3. The lowest BCUT2D eigenvalue weighted by Gasteiger charge is -2.10. The number of hydrogen-bond donors (Lipinski definition) is 0. The lowest BCUT2D eigenvalue weighted by atomic mass is 10.1. The van der Waals surface area contributed by atoms with Crippen molar-refractivity contribution in [3.8, 4) is 0 Å². The first-order valence-corrected chi connectivity index (χ1v) is 8.85. The Morgan fingerprint density at radius 3 is 2.72 bits per heavy atom. The van der Waals surface area contributed by atoms with Crippen molar-refractivity contribution >= 4 is 45.9 Å². The van der Waals surface area contributed by atoms with Gasteiger partial charge in [-0.3, -0.25) is 19.3 Å². The van der Waals surface area contributed by atoms with Crippen LogP contribution in [-0.2, 0) is 20.9 Å². The van der Waals surface area contributed by atoms with Gasteiger partial charge in [-0.25, -0.2) is 0 Å². The molecule has 2 amide bonds. The fourth-order valence-electron chi connectivity index (χ4n) is 2.77. The summed E-state index contributed by atoms with van der Waals surface area (Å²) in [6.45, 7) is 4.38. The summed E-state index contributed by atoms with van der Waals surface area (Å²) >= 11 is 0.844. The smallest absolute Gasteiger partial charge is 0.326 e. The molecule has 1 aliphatic heterocycles. The largest absolute Gasteiger partial charge is 0.465 e. The van der Waals surface area contributed by atoms with E-state index in [1.807, 2.05) is 37.4 Å². The zero-order valence-corrected chi connectivity index (χ0v) is 14.8. The van der Waals surface area contributed by atoms with Crippen molar-refractivity contribution in [3.63, 3.8) is 0 Å². The molecule has 1 aromatic carbocycles. The third-order valence-corrected chi connectivity index (χ3v) is 4.82. The van der Waals surface area contributed by atoms with Crippen molar-refractivity contribution in [2.45, 2.75) is 20.4 Å². The molecule has 1 fully saturated rings. The third-order valence-electron chi connectivity index (χ3n) is 3.91. The van der Waals surface area contributed by atoms with Crippen LogP contribution >= 0.6 is 11.8 Å². The van der Waals surface area contributed by atoms with Gasteiger partial charge in [0.1, 0.15) is 6.54 Å². The second-order valence-electron chi connectivity index (χ2n) is 5.46. The monoisotopic (exact) mass is 358 g/mol. The summed E-state index contributed by atoms with van der Waals surface area (Å²) in [5, 5.41) is 0.560. The minimum Gasteiger partial charge on any atom is -0.465 e. The van der Waals surface area contributed by atoms with Gasteiger partial charge in [-0.15, -0.1) is 0 Å². The average molecular weight is 358 g/mol. The molecule has 1 saturated heterocycles. The maximum atomic E-state index is 12.5. The number of carbonyl (C=O) groups excluding carboxylic acids is 3. The van der Waals surface area contributed by atoms with E-state index in [4.69, 9.17) is 4.74 Å². The fourth-order valence-corrected chi connectivity index (χ4v) is 3.59. The van der Waals surface area contributed by atoms with E-state index < -0.39 is 17.1 Å². The molecular formula is C18H18N2O4S. The first-order valence-electron chi connectivity index (χ1n) is 8.04. The Kier molecular flexibility index (Phi) is 4.94. The molecule has 0 unspecified atom stereocenters. The third kappa shape index (κ3) is 3.32. The highest BCUT2D eigenvalue weighted by atomic mass is 32.2. The molecule has 1 aliphatic rings. The number of ether oxygens (including phenoxy) is 1. The van der Waals surface area contributed by atoms with E-state index in [1.165, 1.54) is 0 Å². The number of benzene rings is 1. The maximum Gasteiger partial charge on any atom is 0.326 e. The molecule has 0 spiro atoms. The van der Waals surface area contributed by atoms with Gasteiger partial charge < -0.3 is 9.30 Å². The molecule has 0 radical (unpaired) electrons. The number of carbonyl (C=O) groups is 3. The molecule has 0 saturated carbocycles. The van der Waals surface area contributed by atoms with Crippen LogP contribution in [0.15, 0.2) is 35.4 Å². The topological polar surface area (TPSA) is 68.6 Å². The van der Waals surface area contributed by atoms with Crippen LogP contribution in [0.25, 0.3) is 17.0 Å². The summed E-state index contributed by atoms with van der Waals surface area (Å²) in [5.74, 6) is -1.05. The van der Waals surface area contributed by atoms with Crippen LogP contribution in [0.3, 0.4) is 0 Å². The summed E-state index contributed by atoms with van der Waals surface area (Å²) in [5.41, 5.74) is 1.95. The standard InChI is InChI=1S/C18H18N2O4S/c1-3-19-10-12(13-7-5-6-8-14(13)19)9-15-17(22)20(18(23)25-15)11-16(21)24-4-2/h5-10H,3-4,11H2,1-2H3/b15-9-. The first-order chi connectivity index (χ1) is 12.0. The van der Waals surface area contributed by atoms with Crippen molar-refractivity contribution in [1.82, 2.24) is 9.47 Å². The number of aryl methyl sites for hydroxylation is 1. The van der Waals surface area contributed by atoms with Gasteiger partial charge in [0.15, 0.2) is 0 Å². The second-order valence-corrected chi connectivity index (χ2v) is 6.45. The van der Waals surface area contributed by atoms with Gasteiger partial charge in [-0.2, -0.15) is 0 Å². The van der Waals surface area contributed by atoms with Gasteiger partial charge in [0.25, 0.3) is 11.1 Å². The molecular weight excluding hydrogens is 340 g/mol. The zero-order valence-electron chi connectivity index (χ0n) is 14.0. The molecule has 3 rings (SSSR count). The van der Waals surface area contributed by atoms with Gasteiger partial charge >= 0.3 is 5.97 Å². The van der Waals surface area contributed by atoms with E-state index in [0.29, 0.717) is 4.91 Å². The minimum atomic E-state index is -0.589. The fraction of sp³-hybridized carbons (Fsp3) is 0.278. The molecule has 0 bridgehead atoms. The maximum absolute atomic E-state index is 12.5. The number of hydrogen-bond acceptors (Lipinski definition) is 5. The van der Waals surface area contributed by atoms with Gasteiger partial charge in [-0.1, -0.05) is 18.2 Å². The van der Waals surface area contributed by atoms with Crippen molar-refractivity contribution in [3.05, 3.63) is 40.9 Å². The molecule has 25 heavy (non-hydrogen) atoms. The summed E-state index contributed by atoms with van der Waals surface area (Å²) in [4.78, 5) is 37.3. The van der Waals surface area contributed by atoms with Crippen LogP contribution in [0.5, 0.6) is 0 Å². The molecule has 0 aliphatic carbocycles. The van der Waals surface area contributed by atoms with E-state index in [0.717, 1.165) is 39.7 Å². The number of aromatic nitrogens is 1. The van der Waals surface area contributed by atoms with E-state index in [1.54, 1.807) is 13.0 Å². The van der Waals surface area contributed by atoms with Crippen molar-refractivity contribution < 1.29 is 19.1 Å². The number of fused-ring (bicyclic) bond motifs is 1. The van der Waals surface area contributed by atoms with Crippen LogP contribution in [0, 0.1) is 0 Å². The molecule has 0 N–H and O–H groups in total. The van der Waals surface area contributed by atoms with E-state index in [-0.39, 0.29) is 13.2 Å². The Balaban J connectivity index is 1.91. The zero-order chi connectivity index (χ0) is 18.0. The van der Waals surface area contributed by atoms with Crippen LogP contribution in [0.1, 0.15) is 19.4 Å². The number of esters is 1. The Morgan fingerprint density at radius 2 is 2.00 bits per heavy atom. The highest BCUT2D eigenvalue weighted by Crippen LogP contribution is 2.34. The van der Waals surface area contributed by atoms with Crippen molar-refractivity contribution in [2.75, 3.05) is 13.2 Å². The molecule has 130 valence electrons. The van der Waals surface area contributed by atoms with Gasteiger partial charge in [0, 0.05) is 29.2 Å². The van der Waals surface area contributed by atoms with Crippen molar-refractivity contribution in [2.24, 2.45) is 0 Å². The highest BCUT2D eigenvalue weighted by molar-refractivity contribution is 8.18. The number of rotatable bonds is 5. The molecule has 1 aromatic heterocycles. The van der Waals surface area contributed by atoms with Crippen LogP contribution in [0.4, 0.5) is 4.79 Å². The molecule has 7 heteroatoms. The van der Waals surface area contributed by atoms with Crippen molar-refractivity contribution in [1.29, 1.82) is 0 Å². The summed E-state index contributed by atoms with van der Waals surface area (Å²) in [6, 6.07) is 7.90. The normalized spacial score (nSPS) is 16.2. The SMILES string of the molecule is CCOC(=O)CN1C(=O)S/C(=C\c2cn(CC)c3ccccc23)C1=O. The second kappa shape index (κ2) is 7.14. The van der Waals surface area contributed by atoms with Gasteiger partial charge in [0.2, 0.25) is 0 Å². The Labute approximate surface area is 149 Å². The van der Waals surface area contributed by atoms with E-state index >= 15 is 0 Å². The highest BCUT2D eigenvalue weighted by Gasteiger charge is 2.36. The molecule has 2 aromatic rings. The molecule has 2 heterocycles. The number of imide groups is 1. The molecule has 0 atom stereocenters. The Morgan fingerprint density at radius 1 is 1.24 bits per heavy atom. The minimum absolute atomic E-state index is 0.210. The number of thioether (sulfide) groups is 1. The van der Waals surface area contributed by atoms with Crippen LogP contribution < -0.4 is 0 Å². The summed E-state index contributed by atoms with van der Waals surface area (Å²) < 4.78 is 6.90. The predicted molar refractivity (Wildman–Crippen MR) is 96.9 cm³/mol. The Bertz CT molecular complexity index is 884. The number of para-hydroxylation sites is 1. The van der Waals surface area contributed by atoms with Crippen LogP contribution in [0.2, 0.25) is 0 Å². The molecule has 6 nitrogen and oxygen atoms in total. The Hall–Kier alpha value is -2.54. The lowest BCUT2D eigenvalue weighted by Crippen LogP contribution is -2.34. The summed E-state index contributed by atoms with van der Waals surface area (Å²) in [6.07, 6.45) is 3.68. The quantitative estimate of drug-likeness (QED) is 0.606. The van der Waals surface area contributed by atoms with E-state index in [9.17, 15) is 14.4 Å². The summed E-state index contributed by atoms with van der Waals surface area (Å²) in [7, 11) is 0.